The molecule has 0 unspecified atom stereocenters. The molecular weight excluding hydrogens is 347 g/mol. The maximum atomic E-state index is 13.0. The fourth-order valence-electron chi connectivity index (χ4n) is 2.97. The summed E-state index contributed by atoms with van der Waals surface area (Å²) in [4.78, 5) is 14.7. The lowest BCUT2D eigenvalue weighted by Gasteiger charge is -2.26. The van der Waals surface area contributed by atoms with E-state index >= 15 is 0 Å². The van der Waals surface area contributed by atoms with Gasteiger partial charge in [-0.25, -0.2) is 4.39 Å². The number of carbonyl (C=O) groups is 1. The van der Waals surface area contributed by atoms with E-state index in [0.717, 1.165) is 43.1 Å². The molecule has 136 valence electrons. The fourth-order valence-corrected chi connectivity index (χ4v) is 3.88. The number of anilines is 1. The van der Waals surface area contributed by atoms with Crippen molar-refractivity contribution < 1.29 is 9.18 Å². The maximum absolute atomic E-state index is 13.0. The first-order valence-electron chi connectivity index (χ1n) is 8.78. The standard InChI is InChI=1S/C21H23FN2OS/c1-16(25)23-20-6-8-21(9-7-20)26-15-14-24-12-10-18(11-13-24)17-2-4-19(22)5-3-17/h2-10H,11-15H2,1H3,(H,23,25). The van der Waals surface area contributed by atoms with Crippen molar-refractivity contribution in [3.05, 3.63) is 66.0 Å². The van der Waals surface area contributed by atoms with Gasteiger partial charge in [0.05, 0.1) is 0 Å². The van der Waals surface area contributed by atoms with Gasteiger partial charge in [0.15, 0.2) is 0 Å². The average molecular weight is 370 g/mol. The van der Waals surface area contributed by atoms with Gasteiger partial charge in [-0.1, -0.05) is 18.2 Å². The highest BCUT2D eigenvalue weighted by Gasteiger charge is 2.12. The van der Waals surface area contributed by atoms with Gasteiger partial charge in [0.25, 0.3) is 0 Å². The second kappa shape index (κ2) is 9.01. The van der Waals surface area contributed by atoms with E-state index in [1.807, 2.05) is 48.2 Å². The van der Waals surface area contributed by atoms with Gasteiger partial charge in [-0.05, 0) is 54.0 Å². The Labute approximate surface area is 158 Å². The summed E-state index contributed by atoms with van der Waals surface area (Å²) in [7, 11) is 0. The summed E-state index contributed by atoms with van der Waals surface area (Å²) in [6.07, 6.45) is 3.26. The summed E-state index contributed by atoms with van der Waals surface area (Å²) in [6.45, 7) is 4.52. The molecule has 1 aliphatic heterocycles. The van der Waals surface area contributed by atoms with Gasteiger partial charge in [-0.2, -0.15) is 0 Å². The van der Waals surface area contributed by atoms with Crippen LogP contribution in [0.25, 0.3) is 5.57 Å². The molecule has 0 saturated carbocycles. The number of amides is 1. The molecule has 1 heterocycles. The fraction of sp³-hybridized carbons (Fsp3) is 0.286. The SMILES string of the molecule is CC(=O)Nc1ccc(SCCN2CC=C(c3ccc(F)cc3)CC2)cc1. The number of hydrogen-bond acceptors (Lipinski definition) is 3. The molecule has 2 aromatic rings. The zero-order valence-corrected chi connectivity index (χ0v) is 15.7. The summed E-state index contributed by atoms with van der Waals surface area (Å²) in [5.74, 6) is 0.789. The Bertz CT molecular complexity index is 772. The lowest BCUT2D eigenvalue weighted by molar-refractivity contribution is -0.114. The zero-order valence-electron chi connectivity index (χ0n) is 14.9. The van der Waals surface area contributed by atoms with Gasteiger partial charge >= 0.3 is 0 Å². The largest absolute Gasteiger partial charge is 0.326 e. The van der Waals surface area contributed by atoms with Crippen LogP contribution in [0.4, 0.5) is 10.1 Å². The molecule has 3 rings (SSSR count). The average Bonchev–Trinajstić information content (AvgIpc) is 2.64. The normalized spacial score (nSPS) is 14.8. The van der Waals surface area contributed by atoms with Crippen molar-refractivity contribution in [1.29, 1.82) is 0 Å². The quantitative estimate of drug-likeness (QED) is 0.750. The Balaban J connectivity index is 1.43. The van der Waals surface area contributed by atoms with Crippen molar-refractivity contribution in [2.45, 2.75) is 18.2 Å². The second-order valence-corrected chi connectivity index (χ2v) is 7.51. The molecule has 0 radical (unpaired) electrons. The molecule has 0 saturated heterocycles. The van der Waals surface area contributed by atoms with Crippen LogP contribution in [-0.4, -0.2) is 36.2 Å². The summed E-state index contributed by atoms with van der Waals surface area (Å²) in [5, 5.41) is 2.78. The number of nitrogens with one attached hydrogen (secondary N) is 1. The minimum atomic E-state index is -0.186. The third-order valence-electron chi connectivity index (χ3n) is 4.36. The van der Waals surface area contributed by atoms with E-state index in [0.29, 0.717) is 0 Å². The molecule has 26 heavy (non-hydrogen) atoms. The van der Waals surface area contributed by atoms with Crippen molar-refractivity contribution in [1.82, 2.24) is 4.90 Å². The molecule has 5 heteroatoms. The van der Waals surface area contributed by atoms with Crippen molar-refractivity contribution in [2.24, 2.45) is 0 Å². The van der Waals surface area contributed by atoms with Gasteiger partial charge in [0, 0.05) is 42.9 Å². The van der Waals surface area contributed by atoms with Gasteiger partial charge < -0.3 is 5.32 Å². The van der Waals surface area contributed by atoms with Gasteiger partial charge in [-0.15, -0.1) is 11.8 Å². The molecular formula is C21H23FN2OS. The topological polar surface area (TPSA) is 32.3 Å². The molecule has 0 bridgehead atoms. The first-order chi connectivity index (χ1) is 12.6. The molecule has 2 aromatic carbocycles. The predicted octanol–water partition coefficient (Wildman–Crippen LogP) is 4.67. The molecule has 0 aromatic heterocycles. The van der Waals surface area contributed by atoms with E-state index in [1.54, 1.807) is 0 Å². The van der Waals surface area contributed by atoms with Crippen LogP contribution in [0, 0.1) is 5.82 Å². The molecule has 3 nitrogen and oxygen atoms in total. The predicted molar refractivity (Wildman–Crippen MR) is 107 cm³/mol. The lowest BCUT2D eigenvalue weighted by atomic mass is 9.99. The van der Waals surface area contributed by atoms with Crippen molar-refractivity contribution in [2.75, 3.05) is 30.7 Å². The van der Waals surface area contributed by atoms with Crippen LogP contribution in [0.2, 0.25) is 0 Å². The highest BCUT2D eigenvalue weighted by atomic mass is 32.2. The Morgan fingerprint density at radius 3 is 2.50 bits per heavy atom. The van der Waals surface area contributed by atoms with E-state index in [1.165, 1.54) is 29.5 Å². The highest BCUT2D eigenvalue weighted by Crippen LogP contribution is 2.24. The van der Waals surface area contributed by atoms with Crippen LogP contribution >= 0.6 is 11.8 Å². The van der Waals surface area contributed by atoms with E-state index in [4.69, 9.17) is 0 Å². The van der Waals surface area contributed by atoms with Gasteiger partial charge in [-0.3, -0.25) is 9.69 Å². The summed E-state index contributed by atoms with van der Waals surface area (Å²) in [6, 6.07) is 14.7. The summed E-state index contributed by atoms with van der Waals surface area (Å²) < 4.78 is 13.0. The monoisotopic (exact) mass is 370 g/mol. The van der Waals surface area contributed by atoms with Gasteiger partial charge in [0.2, 0.25) is 5.91 Å². The number of carbonyl (C=O) groups excluding carboxylic acids is 1. The van der Waals surface area contributed by atoms with Crippen LogP contribution in [-0.2, 0) is 4.79 Å². The van der Waals surface area contributed by atoms with Crippen molar-refractivity contribution >= 4 is 28.9 Å². The van der Waals surface area contributed by atoms with Gasteiger partial charge in [0.1, 0.15) is 5.82 Å². The summed E-state index contributed by atoms with van der Waals surface area (Å²) in [5.41, 5.74) is 3.26. The molecule has 0 aliphatic carbocycles. The van der Waals surface area contributed by atoms with Crippen LogP contribution < -0.4 is 5.32 Å². The third kappa shape index (κ3) is 5.44. The van der Waals surface area contributed by atoms with Crippen molar-refractivity contribution in [3.8, 4) is 0 Å². The lowest BCUT2D eigenvalue weighted by Crippen LogP contribution is -2.30. The molecule has 1 N–H and O–H groups in total. The first kappa shape index (κ1) is 18.7. The van der Waals surface area contributed by atoms with E-state index in [2.05, 4.69) is 16.3 Å². The first-order valence-corrected chi connectivity index (χ1v) is 9.76. The van der Waals surface area contributed by atoms with Crippen LogP contribution in [0.5, 0.6) is 0 Å². The Morgan fingerprint density at radius 2 is 1.88 bits per heavy atom. The summed E-state index contributed by atoms with van der Waals surface area (Å²) >= 11 is 1.82. The molecule has 0 spiro atoms. The molecule has 0 atom stereocenters. The van der Waals surface area contributed by atoms with Crippen LogP contribution in [0.15, 0.2) is 59.5 Å². The van der Waals surface area contributed by atoms with E-state index in [9.17, 15) is 9.18 Å². The molecule has 1 amide bonds. The highest BCUT2D eigenvalue weighted by molar-refractivity contribution is 7.99. The number of rotatable bonds is 6. The van der Waals surface area contributed by atoms with Crippen LogP contribution in [0.3, 0.4) is 0 Å². The number of nitrogens with zero attached hydrogens (tertiary/aromatic N) is 1. The van der Waals surface area contributed by atoms with Crippen molar-refractivity contribution in [3.63, 3.8) is 0 Å². The molecule has 0 fully saturated rings. The Morgan fingerprint density at radius 1 is 1.15 bits per heavy atom. The number of halogens is 1. The third-order valence-corrected chi connectivity index (χ3v) is 5.35. The number of hydrogen-bond donors (Lipinski definition) is 1. The van der Waals surface area contributed by atoms with E-state index in [-0.39, 0.29) is 11.7 Å². The number of thioether (sulfide) groups is 1. The Hall–Kier alpha value is -2.11. The smallest absolute Gasteiger partial charge is 0.221 e. The second-order valence-electron chi connectivity index (χ2n) is 6.34. The Kier molecular flexibility index (Phi) is 6.47. The maximum Gasteiger partial charge on any atom is 0.221 e. The number of benzene rings is 2. The van der Waals surface area contributed by atoms with E-state index < -0.39 is 0 Å². The minimum Gasteiger partial charge on any atom is -0.326 e. The minimum absolute atomic E-state index is 0.0523. The molecule has 1 aliphatic rings. The zero-order chi connectivity index (χ0) is 18.4. The van der Waals surface area contributed by atoms with Crippen LogP contribution in [0.1, 0.15) is 18.9 Å².